The minimum absolute atomic E-state index is 0.795. The fourth-order valence-electron chi connectivity index (χ4n) is 0.966. The van der Waals surface area contributed by atoms with E-state index in [1.54, 1.807) is 0 Å². The minimum atomic E-state index is 0.795. The summed E-state index contributed by atoms with van der Waals surface area (Å²) in [6, 6.07) is 0. The molecule has 0 aromatic heterocycles. The third-order valence-corrected chi connectivity index (χ3v) is 1.53. The van der Waals surface area contributed by atoms with Gasteiger partial charge in [-0.05, 0) is 5.92 Å². The Balaban J connectivity index is 3.29. The summed E-state index contributed by atoms with van der Waals surface area (Å²) < 4.78 is 0. The van der Waals surface area contributed by atoms with E-state index in [-0.39, 0.29) is 0 Å². The highest BCUT2D eigenvalue weighted by molar-refractivity contribution is 4.98. The second-order valence-corrected chi connectivity index (χ2v) is 2.81. The van der Waals surface area contributed by atoms with Gasteiger partial charge in [0.05, 0.1) is 0 Å². The van der Waals surface area contributed by atoms with E-state index in [9.17, 15) is 0 Å². The second-order valence-electron chi connectivity index (χ2n) is 2.81. The standard InChI is InChI=1S/C10H18/c1-4-6-7-9-10(3)8-5-2/h10H,4-5,8-9H2,1-3H3. The van der Waals surface area contributed by atoms with E-state index in [2.05, 4.69) is 32.6 Å². The van der Waals surface area contributed by atoms with Gasteiger partial charge < -0.3 is 0 Å². The Morgan fingerprint density at radius 1 is 1.20 bits per heavy atom. The smallest absolute Gasteiger partial charge is 0.0114 e. The Kier molecular flexibility index (Phi) is 6.38. The lowest BCUT2D eigenvalue weighted by atomic mass is 10.0. The number of hydrogen-bond acceptors (Lipinski definition) is 0. The van der Waals surface area contributed by atoms with Crippen LogP contribution < -0.4 is 0 Å². The van der Waals surface area contributed by atoms with Crippen LogP contribution >= 0.6 is 0 Å². The third kappa shape index (κ3) is 5.69. The first-order chi connectivity index (χ1) is 4.81. The second kappa shape index (κ2) is 6.68. The first kappa shape index (κ1) is 9.56. The monoisotopic (exact) mass is 138 g/mol. The van der Waals surface area contributed by atoms with Gasteiger partial charge in [0.15, 0.2) is 0 Å². The molecule has 0 aromatic carbocycles. The molecular weight excluding hydrogens is 120 g/mol. The highest BCUT2D eigenvalue weighted by Crippen LogP contribution is 2.07. The van der Waals surface area contributed by atoms with Gasteiger partial charge in [0.25, 0.3) is 0 Å². The maximum absolute atomic E-state index is 3.17. The minimum Gasteiger partial charge on any atom is -0.104 e. The largest absolute Gasteiger partial charge is 0.104 e. The lowest BCUT2D eigenvalue weighted by molar-refractivity contribution is 0.539. The van der Waals surface area contributed by atoms with Crippen LogP contribution in [0.25, 0.3) is 0 Å². The topological polar surface area (TPSA) is 0 Å². The summed E-state index contributed by atoms with van der Waals surface area (Å²) in [7, 11) is 0. The highest BCUT2D eigenvalue weighted by atomic mass is 14.0. The molecule has 0 rings (SSSR count). The molecule has 0 aromatic rings. The lowest BCUT2D eigenvalue weighted by Crippen LogP contribution is -1.90. The quantitative estimate of drug-likeness (QED) is 0.525. The molecule has 0 N–H and O–H groups in total. The average molecular weight is 138 g/mol. The Hall–Kier alpha value is -0.440. The molecule has 0 aliphatic heterocycles. The zero-order valence-electron chi connectivity index (χ0n) is 7.41. The van der Waals surface area contributed by atoms with Crippen molar-refractivity contribution in [2.45, 2.75) is 46.5 Å². The van der Waals surface area contributed by atoms with Crippen LogP contribution in [-0.4, -0.2) is 0 Å². The molecule has 0 aliphatic carbocycles. The Bertz CT molecular complexity index is 114. The van der Waals surface area contributed by atoms with Gasteiger partial charge in [0.2, 0.25) is 0 Å². The molecule has 0 nitrogen and oxygen atoms in total. The molecule has 0 bridgehead atoms. The van der Waals surface area contributed by atoms with E-state index >= 15 is 0 Å². The van der Waals surface area contributed by atoms with E-state index in [4.69, 9.17) is 0 Å². The van der Waals surface area contributed by atoms with Crippen LogP contribution in [0.1, 0.15) is 46.5 Å². The first-order valence-electron chi connectivity index (χ1n) is 4.27. The van der Waals surface area contributed by atoms with Crippen molar-refractivity contribution in [3.63, 3.8) is 0 Å². The molecule has 58 valence electrons. The summed E-state index contributed by atoms with van der Waals surface area (Å²) in [5.41, 5.74) is 0. The Labute approximate surface area is 65.0 Å². The molecule has 0 radical (unpaired) electrons. The van der Waals surface area contributed by atoms with Crippen molar-refractivity contribution in [2.75, 3.05) is 0 Å². The average Bonchev–Trinajstić information content (AvgIpc) is 1.89. The number of hydrogen-bond donors (Lipinski definition) is 0. The molecule has 0 aliphatic rings. The normalized spacial score (nSPS) is 11.9. The van der Waals surface area contributed by atoms with Crippen molar-refractivity contribution in [1.82, 2.24) is 0 Å². The third-order valence-electron chi connectivity index (χ3n) is 1.53. The van der Waals surface area contributed by atoms with Crippen molar-refractivity contribution >= 4 is 0 Å². The van der Waals surface area contributed by atoms with Crippen LogP contribution in [0, 0.1) is 17.8 Å². The maximum Gasteiger partial charge on any atom is 0.0114 e. The molecule has 0 amide bonds. The molecule has 1 atom stereocenters. The molecule has 0 saturated heterocycles. The Morgan fingerprint density at radius 3 is 2.40 bits per heavy atom. The molecule has 0 heterocycles. The summed E-state index contributed by atoms with van der Waals surface area (Å²) in [6.07, 6.45) is 4.69. The van der Waals surface area contributed by atoms with Crippen LogP contribution in [-0.2, 0) is 0 Å². The van der Waals surface area contributed by atoms with Crippen molar-refractivity contribution in [2.24, 2.45) is 5.92 Å². The first-order valence-corrected chi connectivity index (χ1v) is 4.27. The van der Waals surface area contributed by atoms with Gasteiger partial charge >= 0.3 is 0 Å². The molecule has 0 fully saturated rings. The van der Waals surface area contributed by atoms with Crippen molar-refractivity contribution in [3.05, 3.63) is 0 Å². The van der Waals surface area contributed by atoms with E-state index in [0.29, 0.717) is 0 Å². The van der Waals surface area contributed by atoms with Gasteiger partial charge in [-0.15, -0.1) is 11.8 Å². The Morgan fingerprint density at radius 2 is 1.90 bits per heavy atom. The molecule has 0 heteroatoms. The van der Waals surface area contributed by atoms with Gasteiger partial charge in [-0.2, -0.15) is 0 Å². The predicted octanol–water partition coefficient (Wildman–Crippen LogP) is 3.23. The van der Waals surface area contributed by atoms with Gasteiger partial charge in [-0.25, -0.2) is 0 Å². The van der Waals surface area contributed by atoms with Crippen LogP contribution in [0.2, 0.25) is 0 Å². The molecule has 10 heavy (non-hydrogen) atoms. The van der Waals surface area contributed by atoms with E-state index in [1.807, 2.05) is 0 Å². The predicted molar refractivity (Wildman–Crippen MR) is 46.8 cm³/mol. The molecule has 1 unspecified atom stereocenters. The summed E-state index contributed by atoms with van der Waals surface area (Å²) in [4.78, 5) is 0. The molecule has 0 spiro atoms. The van der Waals surface area contributed by atoms with Crippen LogP contribution in [0.5, 0.6) is 0 Å². The van der Waals surface area contributed by atoms with Crippen molar-refractivity contribution in [1.29, 1.82) is 0 Å². The van der Waals surface area contributed by atoms with Gasteiger partial charge in [-0.3, -0.25) is 0 Å². The van der Waals surface area contributed by atoms with Crippen LogP contribution in [0.3, 0.4) is 0 Å². The fourth-order valence-corrected chi connectivity index (χ4v) is 0.966. The van der Waals surface area contributed by atoms with Gasteiger partial charge in [0, 0.05) is 12.8 Å². The van der Waals surface area contributed by atoms with Crippen LogP contribution in [0.4, 0.5) is 0 Å². The molecular formula is C10H18. The van der Waals surface area contributed by atoms with Crippen LogP contribution in [0.15, 0.2) is 0 Å². The van der Waals surface area contributed by atoms with Crippen molar-refractivity contribution < 1.29 is 0 Å². The zero-order chi connectivity index (χ0) is 7.82. The van der Waals surface area contributed by atoms with E-state index in [0.717, 1.165) is 18.8 Å². The fraction of sp³-hybridized carbons (Fsp3) is 0.800. The van der Waals surface area contributed by atoms with Gasteiger partial charge in [-0.1, -0.05) is 33.6 Å². The zero-order valence-corrected chi connectivity index (χ0v) is 7.41. The summed E-state index contributed by atoms with van der Waals surface area (Å²) in [5.74, 6) is 7.05. The van der Waals surface area contributed by atoms with Gasteiger partial charge in [0.1, 0.15) is 0 Å². The summed E-state index contributed by atoms with van der Waals surface area (Å²) >= 11 is 0. The maximum atomic E-state index is 3.17. The number of rotatable bonds is 3. The van der Waals surface area contributed by atoms with Crippen molar-refractivity contribution in [3.8, 4) is 11.8 Å². The van der Waals surface area contributed by atoms with E-state index < -0.39 is 0 Å². The van der Waals surface area contributed by atoms with E-state index in [1.165, 1.54) is 12.8 Å². The SMILES string of the molecule is CCC#CCC(C)CCC. The highest BCUT2D eigenvalue weighted by Gasteiger charge is 1.95. The summed E-state index contributed by atoms with van der Waals surface area (Å²) in [5, 5.41) is 0. The molecule has 0 saturated carbocycles. The summed E-state index contributed by atoms with van der Waals surface area (Å²) in [6.45, 7) is 6.59. The lowest BCUT2D eigenvalue weighted by Gasteiger charge is -2.02.